The Morgan fingerprint density at radius 2 is 1.75 bits per heavy atom. The summed E-state index contributed by atoms with van der Waals surface area (Å²) >= 11 is 5.99. The van der Waals surface area contributed by atoms with Gasteiger partial charge in [0.25, 0.3) is 11.5 Å². The average molecular weight is 578 g/mol. The molecule has 4 rings (SSSR count). The van der Waals surface area contributed by atoms with Crippen LogP contribution < -0.4 is 5.32 Å². The van der Waals surface area contributed by atoms with Crippen molar-refractivity contribution >= 4 is 35.0 Å². The van der Waals surface area contributed by atoms with Gasteiger partial charge in [-0.1, -0.05) is 35.0 Å². The van der Waals surface area contributed by atoms with Crippen molar-refractivity contribution in [2.24, 2.45) is 5.16 Å². The van der Waals surface area contributed by atoms with Crippen LogP contribution in [0.3, 0.4) is 0 Å². The Kier molecular flexibility index (Phi) is 7.67. The van der Waals surface area contributed by atoms with Gasteiger partial charge in [0.15, 0.2) is 0 Å². The summed E-state index contributed by atoms with van der Waals surface area (Å²) in [7, 11) is 0. The molecule has 1 unspecified atom stereocenters. The van der Waals surface area contributed by atoms with Crippen LogP contribution in [0.4, 0.5) is 32.0 Å². The standard InChI is InChI=1S/C28H18ClF6N3O2/c1-16-10-21(13-22(29)11-16)26(28(33,34)35)14-23(38-40-26)9-3-17-2-4-19(15-36)24(12-17)37-25(39)18-5-7-20(8-6-18)27(30,31)32/h2-13H,14H2,1H3,(H,37,39)/b9-3+. The zero-order valence-corrected chi connectivity index (χ0v) is 21.2. The third-order valence-corrected chi connectivity index (χ3v) is 6.29. The number of alkyl halides is 6. The summed E-state index contributed by atoms with van der Waals surface area (Å²) in [6, 6.07) is 13.7. The van der Waals surface area contributed by atoms with Crippen molar-refractivity contribution in [2.45, 2.75) is 31.3 Å². The first kappa shape index (κ1) is 28.7. The van der Waals surface area contributed by atoms with Crippen molar-refractivity contribution < 1.29 is 36.0 Å². The summed E-state index contributed by atoms with van der Waals surface area (Å²) in [5.41, 5.74) is -2.91. The van der Waals surface area contributed by atoms with Crippen LogP contribution in [0.2, 0.25) is 5.02 Å². The third-order valence-electron chi connectivity index (χ3n) is 6.07. The van der Waals surface area contributed by atoms with Crippen molar-refractivity contribution in [3.63, 3.8) is 0 Å². The molecule has 12 heteroatoms. The zero-order valence-electron chi connectivity index (χ0n) is 20.5. The number of aryl methyl sites for hydroxylation is 1. The predicted molar refractivity (Wildman–Crippen MR) is 137 cm³/mol. The number of nitriles is 1. The number of nitrogens with zero attached hydrogens (tertiary/aromatic N) is 2. The Bertz CT molecular complexity index is 1540. The predicted octanol–water partition coefficient (Wildman–Crippen LogP) is 8.04. The number of nitrogens with one attached hydrogen (secondary N) is 1. The van der Waals surface area contributed by atoms with Crippen LogP contribution in [-0.4, -0.2) is 17.8 Å². The summed E-state index contributed by atoms with van der Waals surface area (Å²) in [5.74, 6) is -0.758. The van der Waals surface area contributed by atoms with Gasteiger partial charge in [-0.2, -0.15) is 31.6 Å². The summed E-state index contributed by atoms with van der Waals surface area (Å²) < 4.78 is 80.9. The molecular weight excluding hydrogens is 560 g/mol. The molecule has 1 atom stereocenters. The largest absolute Gasteiger partial charge is 0.435 e. The van der Waals surface area contributed by atoms with Crippen molar-refractivity contribution in [3.8, 4) is 6.07 Å². The molecule has 3 aromatic rings. The van der Waals surface area contributed by atoms with E-state index < -0.39 is 35.8 Å². The van der Waals surface area contributed by atoms with Gasteiger partial charge in [0.2, 0.25) is 0 Å². The number of rotatable bonds is 5. The molecule has 5 nitrogen and oxygen atoms in total. The maximum atomic E-state index is 14.2. The lowest BCUT2D eigenvalue weighted by molar-refractivity contribution is -0.275. The molecular formula is C28H18ClF6N3O2. The van der Waals surface area contributed by atoms with Crippen molar-refractivity contribution in [1.29, 1.82) is 5.26 Å². The molecule has 0 aromatic heterocycles. The number of allylic oxidation sites excluding steroid dienone is 1. The van der Waals surface area contributed by atoms with Gasteiger partial charge in [-0.15, -0.1) is 0 Å². The fourth-order valence-electron chi connectivity index (χ4n) is 4.05. The van der Waals surface area contributed by atoms with Crippen LogP contribution in [0.5, 0.6) is 0 Å². The summed E-state index contributed by atoms with van der Waals surface area (Å²) in [5, 5.41) is 15.6. The van der Waals surface area contributed by atoms with Gasteiger partial charge < -0.3 is 10.2 Å². The first-order chi connectivity index (χ1) is 18.7. The molecule has 0 bridgehead atoms. The molecule has 1 aliphatic heterocycles. The maximum absolute atomic E-state index is 14.2. The van der Waals surface area contributed by atoms with Gasteiger partial charge >= 0.3 is 12.4 Å². The Labute approximate surface area is 229 Å². The molecule has 0 saturated carbocycles. The van der Waals surface area contributed by atoms with Crippen LogP contribution in [0.15, 0.2) is 71.9 Å². The lowest BCUT2D eigenvalue weighted by atomic mass is 9.87. The van der Waals surface area contributed by atoms with Crippen molar-refractivity contribution in [1.82, 2.24) is 0 Å². The van der Waals surface area contributed by atoms with Crippen LogP contribution in [-0.2, 0) is 16.6 Å². The van der Waals surface area contributed by atoms with Gasteiger partial charge in [-0.05, 0) is 72.7 Å². The SMILES string of the molecule is Cc1cc(Cl)cc(C2(C(F)(F)F)CC(/C=C/c3ccc(C#N)c(NC(=O)c4ccc(C(F)(F)F)cc4)c3)=NO2)c1. The molecule has 1 aliphatic rings. The molecule has 0 radical (unpaired) electrons. The zero-order chi connectivity index (χ0) is 29.3. The van der Waals surface area contributed by atoms with Gasteiger partial charge in [-0.25, -0.2) is 0 Å². The molecule has 40 heavy (non-hydrogen) atoms. The number of halogens is 7. The highest BCUT2D eigenvalue weighted by Crippen LogP contribution is 2.49. The van der Waals surface area contributed by atoms with Crippen LogP contribution in [0, 0.1) is 18.3 Å². The summed E-state index contributed by atoms with van der Waals surface area (Å²) in [4.78, 5) is 17.6. The normalized spacial score (nSPS) is 17.3. The minimum absolute atomic E-state index is 0.0188. The minimum Gasteiger partial charge on any atom is -0.374 e. The van der Waals surface area contributed by atoms with Gasteiger partial charge in [0.05, 0.1) is 22.5 Å². The third kappa shape index (κ3) is 5.97. The second-order valence-electron chi connectivity index (χ2n) is 8.97. The van der Waals surface area contributed by atoms with E-state index in [0.29, 0.717) is 11.1 Å². The second kappa shape index (κ2) is 10.7. The van der Waals surface area contributed by atoms with Crippen LogP contribution in [0.25, 0.3) is 6.08 Å². The number of amides is 1. The van der Waals surface area contributed by atoms with Crippen LogP contribution in [0.1, 0.15) is 44.6 Å². The summed E-state index contributed by atoms with van der Waals surface area (Å²) in [6.45, 7) is 1.61. The fourth-order valence-corrected chi connectivity index (χ4v) is 4.34. The molecule has 0 saturated heterocycles. The number of oxime groups is 1. The fraction of sp³-hybridized carbons (Fsp3) is 0.179. The molecule has 0 fully saturated rings. The number of hydrogen-bond acceptors (Lipinski definition) is 4. The van der Waals surface area contributed by atoms with Crippen molar-refractivity contribution in [3.05, 3.63) is 105 Å². The highest BCUT2D eigenvalue weighted by atomic mass is 35.5. The molecule has 1 N–H and O–H groups in total. The smallest absolute Gasteiger partial charge is 0.374 e. The Morgan fingerprint density at radius 1 is 1.05 bits per heavy atom. The Balaban J connectivity index is 1.54. The topological polar surface area (TPSA) is 74.5 Å². The van der Waals surface area contributed by atoms with E-state index in [1.165, 1.54) is 48.6 Å². The minimum atomic E-state index is -4.81. The lowest BCUT2D eigenvalue weighted by Crippen LogP contribution is -2.42. The van der Waals surface area contributed by atoms with Crippen LogP contribution >= 0.6 is 11.6 Å². The molecule has 3 aromatic carbocycles. The van der Waals surface area contributed by atoms with Gasteiger partial charge in [0.1, 0.15) is 6.07 Å². The molecule has 206 valence electrons. The average Bonchev–Trinajstić information content (AvgIpc) is 3.33. The van der Waals surface area contributed by atoms with E-state index in [4.69, 9.17) is 16.4 Å². The number of carbonyl (C=O) groups is 1. The first-order valence-electron chi connectivity index (χ1n) is 11.5. The summed E-state index contributed by atoms with van der Waals surface area (Å²) in [6.07, 6.45) is -7.26. The second-order valence-corrected chi connectivity index (χ2v) is 9.41. The monoisotopic (exact) mass is 577 g/mol. The molecule has 1 heterocycles. The van der Waals surface area contributed by atoms with E-state index >= 15 is 0 Å². The lowest BCUT2D eigenvalue weighted by Gasteiger charge is -2.29. The van der Waals surface area contributed by atoms with E-state index in [2.05, 4.69) is 10.5 Å². The number of carbonyl (C=O) groups excluding carboxylic acids is 1. The number of benzene rings is 3. The molecule has 0 aliphatic carbocycles. The highest BCUT2D eigenvalue weighted by Gasteiger charge is 2.62. The number of anilines is 1. The van der Waals surface area contributed by atoms with E-state index in [-0.39, 0.29) is 33.1 Å². The maximum Gasteiger partial charge on any atom is 0.435 e. The number of hydrogen-bond donors (Lipinski definition) is 1. The first-order valence-corrected chi connectivity index (χ1v) is 11.9. The van der Waals surface area contributed by atoms with E-state index in [1.54, 1.807) is 6.92 Å². The Hall–Kier alpha value is -4.30. The Morgan fingerprint density at radius 3 is 2.35 bits per heavy atom. The molecule has 1 amide bonds. The highest BCUT2D eigenvalue weighted by molar-refractivity contribution is 6.30. The van der Waals surface area contributed by atoms with Gasteiger partial charge in [0, 0.05) is 22.6 Å². The van der Waals surface area contributed by atoms with E-state index in [9.17, 15) is 36.4 Å². The van der Waals surface area contributed by atoms with E-state index in [0.717, 1.165) is 24.3 Å². The molecule has 0 spiro atoms. The van der Waals surface area contributed by atoms with Gasteiger partial charge in [-0.3, -0.25) is 4.79 Å². The quantitative estimate of drug-likeness (QED) is 0.312. The van der Waals surface area contributed by atoms with E-state index in [1.807, 2.05) is 6.07 Å². The van der Waals surface area contributed by atoms with Crippen molar-refractivity contribution in [2.75, 3.05) is 5.32 Å².